The summed E-state index contributed by atoms with van der Waals surface area (Å²) in [4.78, 5) is 13.1. The molecule has 150 valence electrons. The van der Waals surface area contributed by atoms with Gasteiger partial charge in [0, 0.05) is 48.7 Å². The molecule has 0 unspecified atom stereocenters. The van der Waals surface area contributed by atoms with Crippen molar-refractivity contribution in [1.82, 2.24) is 9.97 Å². The number of hydrogen-bond donors (Lipinski definition) is 2. The normalized spacial score (nSPS) is 23.1. The van der Waals surface area contributed by atoms with Crippen LogP contribution in [-0.4, -0.2) is 54.0 Å². The first-order chi connectivity index (χ1) is 13.5. The minimum Gasteiger partial charge on any atom is -0.391 e. The number of aliphatic hydroxyl groups excluding tert-OH is 1. The van der Waals surface area contributed by atoms with Gasteiger partial charge in [-0.25, -0.2) is 4.98 Å². The lowest BCUT2D eigenvalue weighted by atomic mass is 10.0. The molecule has 2 aromatic rings. The Balaban J connectivity index is 1.71. The molecule has 2 atom stereocenters. The second-order valence-corrected chi connectivity index (χ2v) is 7.86. The van der Waals surface area contributed by atoms with E-state index in [-0.39, 0.29) is 18.1 Å². The van der Waals surface area contributed by atoms with Crippen molar-refractivity contribution in [2.45, 2.75) is 31.9 Å². The van der Waals surface area contributed by atoms with Gasteiger partial charge < -0.3 is 25.4 Å². The van der Waals surface area contributed by atoms with Gasteiger partial charge in [-0.15, -0.1) is 0 Å². The molecule has 1 aromatic heterocycles. The van der Waals surface area contributed by atoms with Gasteiger partial charge in [-0.3, -0.25) is 0 Å². The molecular formula is C20H26ClN5O2. The lowest BCUT2D eigenvalue weighted by Crippen LogP contribution is -2.32. The number of β-amino-alcohol motifs (C(OH)–C–C–N with tert-alkyl or cyclic N) is 1. The quantitative estimate of drug-likeness (QED) is 0.814. The maximum Gasteiger partial charge on any atom is 0.222 e. The third-order valence-electron chi connectivity index (χ3n) is 5.36. The van der Waals surface area contributed by atoms with E-state index in [9.17, 15) is 5.11 Å². The molecule has 0 spiro atoms. The van der Waals surface area contributed by atoms with Crippen molar-refractivity contribution < 1.29 is 9.84 Å². The molecule has 2 fully saturated rings. The summed E-state index contributed by atoms with van der Waals surface area (Å²) in [7, 11) is 0. The highest BCUT2D eigenvalue weighted by Gasteiger charge is 2.28. The van der Waals surface area contributed by atoms with Gasteiger partial charge in [-0.1, -0.05) is 11.6 Å². The van der Waals surface area contributed by atoms with E-state index in [0.717, 1.165) is 48.7 Å². The molecule has 0 bridgehead atoms. The van der Waals surface area contributed by atoms with E-state index in [4.69, 9.17) is 22.1 Å². The summed E-state index contributed by atoms with van der Waals surface area (Å²) in [6.07, 6.45) is 1.41. The third-order valence-corrected chi connectivity index (χ3v) is 5.70. The topological polar surface area (TPSA) is 87.7 Å². The molecule has 0 radical (unpaired) electrons. The minimum atomic E-state index is -0.274. The van der Waals surface area contributed by atoms with E-state index in [0.29, 0.717) is 24.8 Å². The summed E-state index contributed by atoms with van der Waals surface area (Å²) in [5.74, 6) is 1.06. The van der Waals surface area contributed by atoms with Crippen molar-refractivity contribution in [3.8, 4) is 0 Å². The Hall–Kier alpha value is -2.09. The number of nitrogen functional groups attached to an aromatic ring is 1. The second-order valence-electron chi connectivity index (χ2n) is 7.46. The fourth-order valence-electron chi connectivity index (χ4n) is 3.99. The monoisotopic (exact) mass is 403 g/mol. The van der Waals surface area contributed by atoms with Gasteiger partial charge in [0.25, 0.3) is 0 Å². The summed E-state index contributed by atoms with van der Waals surface area (Å²) in [6, 6.07) is 7.93. The maximum atomic E-state index is 9.89. The van der Waals surface area contributed by atoms with Crippen molar-refractivity contribution in [2.75, 3.05) is 48.4 Å². The van der Waals surface area contributed by atoms with Crippen LogP contribution in [0.15, 0.2) is 24.3 Å². The van der Waals surface area contributed by atoms with Crippen LogP contribution in [0.2, 0.25) is 5.02 Å². The van der Waals surface area contributed by atoms with E-state index in [1.807, 2.05) is 25.1 Å². The Labute approximate surface area is 170 Å². The Morgan fingerprint density at radius 1 is 1.25 bits per heavy atom. The fourth-order valence-corrected chi connectivity index (χ4v) is 4.23. The summed E-state index contributed by atoms with van der Waals surface area (Å²) < 4.78 is 5.88. The van der Waals surface area contributed by atoms with E-state index in [2.05, 4.69) is 25.8 Å². The summed E-state index contributed by atoms with van der Waals surface area (Å²) >= 11 is 6.63. The molecule has 28 heavy (non-hydrogen) atoms. The predicted octanol–water partition coefficient (Wildman–Crippen LogP) is 2.56. The minimum absolute atomic E-state index is 0.0730. The second kappa shape index (κ2) is 8.11. The molecule has 4 rings (SSSR count). The zero-order chi connectivity index (χ0) is 19.7. The number of hydrogen-bond acceptors (Lipinski definition) is 7. The van der Waals surface area contributed by atoms with Crippen molar-refractivity contribution in [1.29, 1.82) is 0 Å². The van der Waals surface area contributed by atoms with Gasteiger partial charge in [0.1, 0.15) is 5.82 Å². The number of nitrogens with two attached hydrogens (primary N) is 1. The zero-order valence-corrected chi connectivity index (χ0v) is 16.8. The van der Waals surface area contributed by atoms with Crippen molar-refractivity contribution in [3.05, 3.63) is 40.5 Å². The van der Waals surface area contributed by atoms with Crippen LogP contribution in [0.25, 0.3) is 0 Å². The molecule has 2 aliphatic heterocycles. The van der Waals surface area contributed by atoms with Crippen LogP contribution in [0, 0.1) is 6.92 Å². The smallest absolute Gasteiger partial charge is 0.222 e. The highest BCUT2D eigenvalue weighted by molar-refractivity contribution is 6.31. The molecule has 8 heteroatoms. The number of anilines is 3. The van der Waals surface area contributed by atoms with Gasteiger partial charge in [-0.05, 0) is 43.5 Å². The van der Waals surface area contributed by atoms with Crippen LogP contribution >= 0.6 is 11.6 Å². The first-order valence-electron chi connectivity index (χ1n) is 9.69. The summed E-state index contributed by atoms with van der Waals surface area (Å²) in [6.45, 7) is 5.42. The van der Waals surface area contributed by atoms with Crippen molar-refractivity contribution >= 4 is 29.1 Å². The Bertz CT molecular complexity index is 829. The average molecular weight is 404 g/mol. The van der Waals surface area contributed by atoms with Crippen LogP contribution in [0.1, 0.15) is 30.1 Å². The zero-order valence-electron chi connectivity index (χ0n) is 16.0. The number of aromatic nitrogens is 2. The summed E-state index contributed by atoms with van der Waals surface area (Å²) in [5.41, 5.74) is 8.80. The van der Waals surface area contributed by atoms with Crippen LogP contribution in [0.3, 0.4) is 0 Å². The standard InChI is InChI=1S/C20H26ClN5O2/c1-13-9-19(24-20(22)23-13)26-6-2-8-28-12-18(26)16-10-14(3-4-17(16)21)25-7-5-15(27)11-25/h3-4,9-10,15,18,27H,2,5-8,11-12H2,1H3,(H2,22,23,24)/t15-,18-/m0/s1. The number of halogens is 1. The first kappa shape index (κ1) is 19.2. The molecule has 0 aliphatic carbocycles. The number of aryl methyl sites for hydroxylation is 1. The third kappa shape index (κ3) is 4.01. The molecule has 0 amide bonds. The van der Waals surface area contributed by atoms with E-state index in [1.165, 1.54) is 0 Å². The van der Waals surface area contributed by atoms with Crippen LogP contribution in [0.5, 0.6) is 0 Å². The number of nitrogens with zero attached hydrogens (tertiary/aromatic N) is 4. The van der Waals surface area contributed by atoms with Crippen LogP contribution in [-0.2, 0) is 4.74 Å². The van der Waals surface area contributed by atoms with Gasteiger partial charge in [0.05, 0.1) is 18.8 Å². The average Bonchev–Trinajstić information content (AvgIpc) is 2.94. The molecule has 7 nitrogen and oxygen atoms in total. The van der Waals surface area contributed by atoms with Crippen molar-refractivity contribution in [3.63, 3.8) is 0 Å². The molecule has 2 aliphatic rings. The molecular weight excluding hydrogens is 378 g/mol. The lowest BCUT2D eigenvalue weighted by Gasteiger charge is -2.32. The predicted molar refractivity (Wildman–Crippen MR) is 111 cm³/mol. The SMILES string of the molecule is Cc1cc(N2CCCOC[C@H]2c2cc(N3CC[C@H](O)C3)ccc2Cl)nc(N)n1. The highest BCUT2D eigenvalue weighted by Crippen LogP contribution is 2.36. The lowest BCUT2D eigenvalue weighted by molar-refractivity contribution is 0.134. The molecule has 3 N–H and O–H groups in total. The van der Waals surface area contributed by atoms with Gasteiger partial charge in [-0.2, -0.15) is 4.98 Å². The van der Waals surface area contributed by atoms with E-state index >= 15 is 0 Å². The largest absolute Gasteiger partial charge is 0.391 e. The van der Waals surface area contributed by atoms with Gasteiger partial charge >= 0.3 is 0 Å². The maximum absolute atomic E-state index is 9.89. The Morgan fingerprint density at radius 2 is 2.11 bits per heavy atom. The molecule has 0 saturated carbocycles. The molecule has 1 aromatic carbocycles. The van der Waals surface area contributed by atoms with Crippen LogP contribution in [0.4, 0.5) is 17.5 Å². The van der Waals surface area contributed by atoms with Gasteiger partial charge in [0.2, 0.25) is 5.95 Å². The number of benzene rings is 1. The molecule has 2 saturated heterocycles. The first-order valence-corrected chi connectivity index (χ1v) is 10.1. The number of rotatable bonds is 3. The van der Waals surface area contributed by atoms with Gasteiger partial charge in [0.15, 0.2) is 0 Å². The van der Waals surface area contributed by atoms with E-state index < -0.39 is 0 Å². The Morgan fingerprint density at radius 3 is 2.86 bits per heavy atom. The number of ether oxygens (including phenoxy) is 1. The fraction of sp³-hybridized carbons (Fsp3) is 0.500. The van der Waals surface area contributed by atoms with Crippen molar-refractivity contribution in [2.24, 2.45) is 0 Å². The molecule has 3 heterocycles. The van der Waals surface area contributed by atoms with E-state index in [1.54, 1.807) is 0 Å². The highest BCUT2D eigenvalue weighted by atomic mass is 35.5. The summed E-state index contributed by atoms with van der Waals surface area (Å²) in [5, 5.41) is 10.6. The Kier molecular flexibility index (Phi) is 5.57. The van der Waals surface area contributed by atoms with Crippen LogP contribution < -0.4 is 15.5 Å². The number of aliphatic hydroxyl groups is 1.